The van der Waals surface area contributed by atoms with Crippen LogP contribution in [0.1, 0.15) is 10.7 Å². The second kappa shape index (κ2) is 7.08. The summed E-state index contributed by atoms with van der Waals surface area (Å²) in [6.45, 7) is 0. The van der Waals surface area contributed by atoms with Crippen molar-refractivity contribution in [1.82, 2.24) is 25.1 Å². The summed E-state index contributed by atoms with van der Waals surface area (Å²) < 4.78 is 11.8. The third-order valence-electron chi connectivity index (χ3n) is 3.69. The van der Waals surface area contributed by atoms with Gasteiger partial charge in [0, 0.05) is 11.8 Å². The fraction of sp³-hybridized carbons (Fsp3) is 0.0556. The average molecular weight is 362 g/mol. The van der Waals surface area contributed by atoms with E-state index in [0.717, 1.165) is 5.69 Å². The molecule has 0 radical (unpaired) electrons. The van der Waals surface area contributed by atoms with Gasteiger partial charge < -0.3 is 14.6 Å². The van der Waals surface area contributed by atoms with Gasteiger partial charge in [0.15, 0.2) is 5.69 Å². The third kappa shape index (κ3) is 3.52. The number of carbonyl (C=O) groups is 1. The Morgan fingerprint density at radius 3 is 2.81 bits per heavy atom. The molecule has 27 heavy (non-hydrogen) atoms. The van der Waals surface area contributed by atoms with Crippen LogP contribution in [0.4, 0.5) is 5.69 Å². The monoisotopic (exact) mass is 362 g/mol. The van der Waals surface area contributed by atoms with E-state index in [4.69, 9.17) is 9.26 Å². The number of hydrogen-bond acceptors (Lipinski definition) is 7. The Bertz CT molecular complexity index is 1070. The van der Waals surface area contributed by atoms with Crippen molar-refractivity contribution in [2.75, 3.05) is 12.4 Å². The van der Waals surface area contributed by atoms with E-state index in [2.05, 4.69) is 25.8 Å². The normalized spacial score (nSPS) is 10.6. The standard InChI is InChI=1S/C18H14N6O3/c1-26-14-9-5-6-12(10-14)19-17(25)18-20-16(22-27-18)15-11-24(23-21-15)13-7-3-2-4-8-13/h2-11H,1H3,(H,19,25). The maximum absolute atomic E-state index is 12.3. The van der Waals surface area contributed by atoms with Gasteiger partial charge in [-0.25, -0.2) is 4.68 Å². The highest BCUT2D eigenvalue weighted by atomic mass is 16.5. The van der Waals surface area contributed by atoms with Crippen LogP contribution in [0, 0.1) is 0 Å². The molecule has 0 atom stereocenters. The Hall–Kier alpha value is -4.01. The fourth-order valence-corrected chi connectivity index (χ4v) is 2.38. The number of benzene rings is 2. The Kier molecular flexibility index (Phi) is 4.32. The van der Waals surface area contributed by atoms with Crippen LogP contribution >= 0.6 is 0 Å². The number of carbonyl (C=O) groups excluding carboxylic acids is 1. The minimum atomic E-state index is -0.530. The number of rotatable bonds is 5. The van der Waals surface area contributed by atoms with Crippen molar-refractivity contribution in [3.63, 3.8) is 0 Å². The zero-order chi connectivity index (χ0) is 18.6. The first-order valence-electron chi connectivity index (χ1n) is 8.00. The Balaban J connectivity index is 1.51. The summed E-state index contributed by atoms with van der Waals surface area (Å²) in [6, 6.07) is 16.4. The van der Waals surface area contributed by atoms with Crippen LogP contribution in [-0.4, -0.2) is 38.2 Å². The van der Waals surface area contributed by atoms with Gasteiger partial charge in [-0.3, -0.25) is 4.79 Å². The third-order valence-corrected chi connectivity index (χ3v) is 3.69. The minimum absolute atomic E-state index is 0.174. The highest BCUT2D eigenvalue weighted by Crippen LogP contribution is 2.18. The van der Waals surface area contributed by atoms with Crippen molar-refractivity contribution in [2.24, 2.45) is 0 Å². The van der Waals surface area contributed by atoms with E-state index in [1.807, 2.05) is 30.3 Å². The van der Waals surface area contributed by atoms with Crippen LogP contribution < -0.4 is 10.1 Å². The Morgan fingerprint density at radius 1 is 1.15 bits per heavy atom. The Morgan fingerprint density at radius 2 is 2.00 bits per heavy atom. The molecule has 0 unspecified atom stereocenters. The fourth-order valence-electron chi connectivity index (χ4n) is 2.38. The van der Waals surface area contributed by atoms with Crippen molar-refractivity contribution in [3.8, 4) is 23.0 Å². The first kappa shape index (κ1) is 16.5. The molecule has 4 aromatic rings. The minimum Gasteiger partial charge on any atom is -0.497 e. The van der Waals surface area contributed by atoms with E-state index < -0.39 is 5.91 Å². The smallest absolute Gasteiger partial charge is 0.316 e. The summed E-state index contributed by atoms with van der Waals surface area (Å²) in [6.07, 6.45) is 1.66. The summed E-state index contributed by atoms with van der Waals surface area (Å²) in [5.41, 5.74) is 1.79. The molecule has 9 nitrogen and oxygen atoms in total. The van der Waals surface area contributed by atoms with Gasteiger partial charge in [-0.05, 0) is 24.3 Å². The van der Waals surface area contributed by atoms with Gasteiger partial charge in [0.25, 0.3) is 0 Å². The molecule has 0 bridgehead atoms. The van der Waals surface area contributed by atoms with E-state index in [9.17, 15) is 4.79 Å². The molecule has 9 heteroatoms. The first-order chi connectivity index (χ1) is 13.2. The van der Waals surface area contributed by atoms with Gasteiger partial charge in [-0.15, -0.1) is 5.10 Å². The van der Waals surface area contributed by atoms with E-state index in [-0.39, 0.29) is 11.7 Å². The molecule has 0 saturated carbocycles. The van der Waals surface area contributed by atoms with E-state index in [0.29, 0.717) is 17.1 Å². The van der Waals surface area contributed by atoms with E-state index in [1.54, 1.807) is 42.3 Å². The molecular weight excluding hydrogens is 348 g/mol. The maximum atomic E-state index is 12.3. The zero-order valence-corrected chi connectivity index (χ0v) is 14.2. The molecule has 2 heterocycles. The highest BCUT2D eigenvalue weighted by Gasteiger charge is 2.18. The number of nitrogens with one attached hydrogen (secondary N) is 1. The molecule has 1 amide bonds. The van der Waals surface area contributed by atoms with Crippen LogP contribution in [0.3, 0.4) is 0 Å². The van der Waals surface area contributed by atoms with Gasteiger partial charge in [-0.1, -0.05) is 34.6 Å². The van der Waals surface area contributed by atoms with Crippen molar-refractivity contribution in [1.29, 1.82) is 0 Å². The van der Waals surface area contributed by atoms with E-state index in [1.165, 1.54) is 0 Å². The summed E-state index contributed by atoms with van der Waals surface area (Å²) in [5.74, 6) is 0.0871. The number of anilines is 1. The number of aromatic nitrogens is 5. The summed E-state index contributed by atoms with van der Waals surface area (Å²) >= 11 is 0. The number of amides is 1. The lowest BCUT2D eigenvalue weighted by Crippen LogP contribution is -2.12. The number of nitrogens with zero attached hydrogens (tertiary/aromatic N) is 5. The van der Waals surface area contributed by atoms with Crippen molar-refractivity contribution in [2.45, 2.75) is 0 Å². The molecule has 134 valence electrons. The van der Waals surface area contributed by atoms with Crippen LogP contribution in [0.2, 0.25) is 0 Å². The van der Waals surface area contributed by atoms with Crippen LogP contribution in [0.25, 0.3) is 17.2 Å². The maximum Gasteiger partial charge on any atom is 0.316 e. The topological polar surface area (TPSA) is 108 Å². The average Bonchev–Trinajstić information content (AvgIpc) is 3.38. The highest BCUT2D eigenvalue weighted by molar-refractivity contribution is 6.01. The van der Waals surface area contributed by atoms with Gasteiger partial charge in [0.2, 0.25) is 5.82 Å². The SMILES string of the molecule is COc1cccc(NC(=O)c2nc(-c3cn(-c4ccccc4)nn3)no2)c1. The van der Waals surface area contributed by atoms with Crippen LogP contribution in [0.15, 0.2) is 65.3 Å². The lowest BCUT2D eigenvalue weighted by Gasteiger charge is -2.04. The molecule has 0 spiro atoms. The predicted molar refractivity (Wildman–Crippen MR) is 95.6 cm³/mol. The largest absolute Gasteiger partial charge is 0.497 e. The molecular formula is C18H14N6O3. The lowest BCUT2D eigenvalue weighted by atomic mass is 10.3. The summed E-state index contributed by atoms with van der Waals surface area (Å²) in [4.78, 5) is 16.4. The molecule has 0 aliphatic rings. The molecule has 4 rings (SSSR count). The number of para-hydroxylation sites is 1. The zero-order valence-electron chi connectivity index (χ0n) is 14.2. The number of ether oxygens (including phenoxy) is 1. The second-order valence-corrected chi connectivity index (χ2v) is 5.49. The van der Waals surface area contributed by atoms with Gasteiger partial charge in [-0.2, -0.15) is 4.98 Å². The molecule has 1 N–H and O–H groups in total. The van der Waals surface area contributed by atoms with Gasteiger partial charge in [0.1, 0.15) is 5.75 Å². The first-order valence-corrected chi connectivity index (χ1v) is 8.00. The van der Waals surface area contributed by atoms with Crippen LogP contribution in [-0.2, 0) is 0 Å². The molecule has 2 aromatic heterocycles. The van der Waals surface area contributed by atoms with Crippen molar-refractivity contribution in [3.05, 3.63) is 66.7 Å². The van der Waals surface area contributed by atoms with Gasteiger partial charge >= 0.3 is 11.8 Å². The number of methoxy groups -OCH3 is 1. The molecule has 0 fully saturated rings. The molecule has 0 saturated heterocycles. The lowest BCUT2D eigenvalue weighted by molar-refractivity contribution is 0.0981. The second-order valence-electron chi connectivity index (χ2n) is 5.49. The Labute approximate surface area is 153 Å². The van der Waals surface area contributed by atoms with Gasteiger partial charge in [0.05, 0.1) is 19.0 Å². The van der Waals surface area contributed by atoms with Crippen molar-refractivity contribution < 1.29 is 14.1 Å². The van der Waals surface area contributed by atoms with Crippen LogP contribution in [0.5, 0.6) is 5.75 Å². The molecule has 0 aliphatic carbocycles. The number of hydrogen-bond donors (Lipinski definition) is 1. The quantitative estimate of drug-likeness (QED) is 0.581. The summed E-state index contributed by atoms with van der Waals surface area (Å²) in [5, 5.41) is 14.5. The summed E-state index contributed by atoms with van der Waals surface area (Å²) in [7, 11) is 1.55. The predicted octanol–water partition coefficient (Wildman–Crippen LogP) is 2.58. The molecule has 0 aliphatic heterocycles. The van der Waals surface area contributed by atoms with Crippen molar-refractivity contribution >= 4 is 11.6 Å². The molecule has 2 aromatic carbocycles. The van der Waals surface area contributed by atoms with E-state index >= 15 is 0 Å².